The summed E-state index contributed by atoms with van der Waals surface area (Å²) < 4.78 is 0. The molecule has 1 aliphatic heterocycles. The molecule has 132 valence electrons. The van der Waals surface area contributed by atoms with E-state index in [0.717, 1.165) is 38.3 Å². The average Bonchev–Trinajstić information content (AvgIpc) is 2.68. The smallest absolute Gasteiger partial charge is 0.237 e. The third kappa shape index (κ3) is 5.11. The Balaban J connectivity index is 1.43. The predicted octanol–water partition coefficient (Wildman–Crippen LogP) is 1.90. The number of nitrogens with one attached hydrogen (secondary N) is 1. The molecule has 1 aromatic carbocycles. The Labute approximate surface area is 149 Å². The summed E-state index contributed by atoms with van der Waals surface area (Å²) in [5, 5.41) is 3.03. The largest absolute Gasteiger partial charge is 0.351 e. The van der Waals surface area contributed by atoms with E-state index in [-0.39, 0.29) is 11.9 Å². The molecule has 2 aromatic rings. The van der Waals surface area contributed by atoms with E-state index in [1.54, 1.807) is 12.4 Å². The van der Waals surface area contributed by atoms with E-state index in [2.05, 4.69) is 44.4 Å². The Kier molecular flexibility index (Phi) is 6.14. The van der Waals surface area contributed by atoms with Crippen LogP contribution < -0.4 is 5.32 Å². The van der Waals surface area contributed by atoms with Gasteiger partial charge in [0.2, 0.25) is 5.91 Å². The van der Waals surface area contributed by atoms with Crippen molar-refractivity contribution in [2.45, 2.75) is 26.1 Å². The van der Waals surface area contributed by atoms with Crippen LogP contribution in [0.2, 0.25) is 0 Å². The van der Waals surface area contributed by atoms with Crippen LogP contribution >= 0.6 is 0 Å². The van der Waals surface area contributed by atoms with Crippen molar-refractivity contribution in [1.82, 2.24) is 20.1 Å². The zero-order chi connectivity index (χ0) is 17.5. The summed E-state index contributed by atoms with van der Waals surface area (Å²) in [6.45, 7) is 7.38. The monoisotopic (exact) mass is 338 g/mol. The Morgan fingerprint density at radius 3 is 2.40 bits per heavy atom. The first-order valence-corrected chi connectivity index (χ1v) is 8.89. The minimum absolute atomic E-state index is 0.0910. The maximum absolute atomic E-state index is 12.4. The van der Waals surface area contributed by atoms with Gasteiger partial charge in [0.05, 0.1) is 6.04 Å². The topological polar surface area (TPSA) is 48.5 Å². The van der Waals surface area contributed by atoms with Gasteiger partial charge >= 0.3 is 0 Å². The van der Waals surface area contributed by atoms with Crippen molar-refractivity contribution in [1.29, 1.82) is 0 Å². The molecule has 5 heteroatoms. The zero-order valence-electron chi connectivity index (χ0n) is 14.8. The first-order valence-electron chi connectivity index (χ1n) is 8.89. The number of pyridine rings is 1. The van der Waals surface area contributed by atoms with Crippen molar-refractivity contribution in [3.8, 4) is 0 Å². The fourth-order valence-electron chi connectivity index (χ4n) is 3.15. The van der Waals surface area contributed by atoms with Crippen molar-refractivity contribution in [3.05, 3.63) is 66.0 Å². The molecule has 0 spiro atoms. The highest BCUT2D eigenvalue weighted by atomic mass is 16.2. The second-order valence-electron chi connectivity index (χ2n) is 6.55. The van der Waals surface area contributed by atoms with Crippen molar-refractivity contribution < 1.29 is 4.79 Å². The zero-order valence-corrected chi connectivity index (χ0v) is 14.8. The lowest BCUT2D eigenvalue weighted by atomic mass is 10.1. The molecule has 0 aliphatic carbocycles. The van der Waals surface area contributed by atoms with Gasteiger partial charge in [0, 0.05) is 51.7 Å². The summed E-state index contributed by atoms with van der Waals surface area (Å²) >= 11 is 0. The Morgan fingerprint density at radius 2 is 1.72 bits per heavy atom. The van der Waals surface area contributed by atoms with Crippen LogP contribution in [0.15, 0.2) is 54.9 Å². The van der Waals surface area contributed by atoms with Crippen LogP contribution in [0.4, 0.5) is 0 Å². The summed E-state index contributed by atoms with van der Waals surface area (Å²) in [5.74, 6) is 0.0910. The standard InChI is InChI=1S/C20H26N4O/c1-17(20(25)22-15-18-7-9-21-10-8-18)24-13-11-23(12-14-24)16-19-5-3-2-4-6-19/h2-10,17H,11-16H2,1H3,(H,22,25). The molecule has 1 aliphatic rings. The summed E-state index contributed by atoms with van der Waals surface area (Å²) in [6.07, 6.45) is 3.49. The molecule has 3 rings (SSSR count). The average molecular weight is 338 g/mol. The lowest BCUT2D eigenvalue weighted by Crippen LogP contribution is -2.53. The highest BCUT2D eigenvalue weighted by Crippen LogP contribution is 2.11. The van der Waals surface area contributed by atoms with Crippen molar-refractivity contribution in [3.63, 3.8) is 0 Å². The van der Waals surface area contributed by atoms with Gasteiger partial charge in [-0.1, -0.05) is 30.3 Å². The van der Waals surface area contributed by atoms with E-state index in [1.807, 2.05) is 25.1 Å². The van der Waals surface area contributed by atoms with Crippen LogP contribution in [0.5, 0.6) is 0 Å². The molecule has 1 fully saturated rings. The molecule has 0 radical (unpaired) electrons. The molecule has 1 aromatic heterocycles. The van der Waals surface area contributed by atoms with Gasteiger partial charge in [0.15, 0.2) is 0 Å². The van der Waals surface area contributed by atoms with Gasteiger partial charge in [-0.15, -0.1) is 0 Å². The summed E-state index contributed by atoms with van der Waals surface area (Å²) in [7, 11) is 0. The van der Waals surface area contributed by atoms with E-state index < -0.39 is 0 Å². The normalized spacial score (nSPS) is 17.2. The third-order valence-corrected chi connectivity index (χ3v) is 4.80. The molecule has 0 saturated carbocycles. The van der Waals surface area contributed by atoms with Crippen LogP contribution in [0, 0.1) is 0 Å². The van der Waals surface area contributed by atoms with Crippen molar-refractivity contribution >= 4 is 5.91 Å². The molecule has 25 heavy (non-hydrogen) atoms. The Bertz CT molecular complexity index is 654. The van der Waals surface area contributed by atoms with Gasteiger partial charge < -0.3 is 5.32 Å². The van der Waals surface area contributed by atoms with E-state index in [9.17, 15) is 4.79 Å². The lowest BCUT2D eigenvalue weighted by molar-refractivity contribution is -0.126. The molecule has 1 N–H and O–H groups in total. The SMILES string of the molecule is CC(C(=O)NCc1ccncc1)N1CCN(Cc2ccccc2)CC1. The second-order valence-corrected chi connectivity index (χ2v) is 6.55. The molecule has 1 saturated heterocycles. The molecule has 5 nitrogen and oxygen atoms in total. The van der Waals surface area contributed by atoms with E-state index in [0.29, 0.717) is 6.54 Å². The number of amides is 1. The number of aromatic nitrogens is 1. The fourth-order valence-corrected chi connectivity index (χ4v) is 3.15. The van der Waals surface area contributed by atoms with Gasteiger partial charge in [-0.25, -0.2) is 0 Å². The second kappa shape index (κ2) is 8.74. The van der Waals surface area contributed by atoms with Crippen LogP contribution in [-0.2, 0) is 17.9 Å². The molecule has 1 amide bonds. The summed E-state index contributed by atoms with van der Waals surface area (Å²) in [4.78, 5) is 21.1. The predicted molar refractivity (Wildman–Crippen MR) is 98.8 cm³/mol. The number of carbonyl (C=O) groups is 1. The number of hydrogen-bond acceptors (Lipinski definition) is 4. The quantitative estimate of drug-likeness (QED) is 0.874. The first kappa shape index (κ1) is 17.6. The Morgan fingerprint density at radius 1 is 1.04 bits per heavy atom. The molecule has 1 unspecified atom stereocenters. The number of piperazine rings is 1. The molecule has 1 atom stereocenters. The van der Waals surface area contributed by atoms with E-state index >= 15 is 0 Å². The van der Waals surface area contributed by atoms with Gasteiger partial charge in [0.25, 0.3) is 0 Å². The molecular formula is C20H26N4O. The van der Waals surface area contributed by atoms with Crippen LogP contribution in [-0.4, -0.2) is 52.9 Å². The highest BCUT2D eigenvalue weighted by Gasteiger charge is 2.25. The number of carbonyl (C=O) groups excluding carboxylic acids is 1. The van der Waals surface area contributed by atoms with Crippen LogP contribution in [0.1, 0.15) is 18.1 Å². The summed E-state index contributed by atoms with van der Waals surface area (Å²) in [6, 6.07) is 14.3. The Hall–Kier alpha value is -2.24. The minimum Gasteiger partial charge on any atom is -0.351 e. The third-order valence-electron chi connectivity index (χ3n) is 4.80. The maximum atomic E-state index is 12.4. The number of nitrogens with zero attached hydrogens (tertiary/aromatic N) is 3. The van der Waals surface area contributed by atoms with Gasteiger partial charge in [-0.3, -0.25) is 19.6 Å². The lowest BCUT2D eigenvalue weighted by Gasteiger charge is -2.37. The van der Waals surface area contributed by atoms with Crippen molar-refractivity contribution in [2.75, 3.05) is 26.2 Å². The van der Waals surface area contributed by atoms with Gasteiger partial charge in [0.1, 0.15) is 0 Å². The van der Waals surface area contributed by atoms with Gasteiger partial charge in [-0.05, 0) is 30.2 Å². The number of rotatable bonds is 6. The fraction of sp³-hybridized carbons (Fsp3) is 0.400. The number of benzene rings is 1. The molecule has 2 heterocycles. The minimum atomic E-state index is -0.0966. The number of hydrogen-bond donors (Lipinski definition) is 1. The first-order chi connectivity index (χ1) is 12.2. The molecule has 0 bridgehead atoms. The van der Waals surface area contributed by atoms with E-state index in [4.69, 9.17) is 0 Å². The van der Waals surface area contributed by atoms with E-state index in [1.165, 1.54) is 5.56 Å². The van der Waals surface area contributed by atoms with Gasteiger partial charge in [-0.2, -0.15) is 0 Å². The summed E-state index contributed by atoms with van der Waals surface area (Å²) in [5.41, 5.74) is 2.42. The molecular weight excluding hydrogens is 312 g/mol. The maximum Gasteiger partial charge on any atom is 0.237 e. The van der Waals surface area contributed by atoms with Crippen LogP contribution in [0.25, 0.3) is 0 Å². The van der Waals surface area contributed by atoms with Crippen molar-refractivity contribution in [2.24, 2.45) is 0 Å². The van der Waals surface area contributed by atoms with Crippen LogP contribution in [0.3, 0.4) is 0 Å². The highest BCUT2D eigenvalue weighted by molar-refractivity contribution is 5.81.